The Morgan fingerprint density at radius 2 is 2.00 bits per heavy atom. The van der Waals surface area contributed by atoms with Crippen LogP contribution in [0.5, 0.6) is 0 Å². The number of thiazole rings is 1. The summed E-state index contributed by atoms with van der Waals surface area (Å²) >= 11 is 1.47. The summed E-state index contributed by atoms with van der Waals surface area (Å²) in [7, 11) is 0. The lowest BCUT2D eigenvalue weighted by molar-refractivity contribution is -0.115. The summed E-state index contributed by atoms with van der Waals surface area (Å²) in [5.74, 6) is -0.0273. The number of carbonyl (C=O) groups is 1. The highest BCUT2D eigenvalue weighted by Gasteiger charge is 2.16. The number of aryl methyl sites for hydroxylation is 1. The first-order chi connectivity index (χ1) is 7.68. The number of carbonyl (C=O) groups excluding carboxylic acids is 1. The van der Waals surface area contributed by atoms with Gasteiger partial charge in [-0.15, -0.1) is 11.3 Å². The molecule has 0 radical (unpaired) electrons. The molecule has 2 rings (SSSR count). The van der Waals surface area contributed by atoms with Crippen molar-refractivity contribution in [2.75, 3.05) is 4.90 Å². The van der Waals surface area contributed by atoms with E-state index < -0.39 is 0 Å². The third-order valence-electron chi connectivity index (χ3n) is 2.13. The Kier molecular flexibility index (Phi) is 3.01. The minimum atomic E-state index is -0.0273. The first-order valence-corrected chi connectivity index (χ1v) is 5.84. The van der Waals surface area contributed by atoms with Gasteiger partial charge >= 0.3 is 0 Å². The van der Waals surface area contributed by atoms with Crippen molar-refractivity contribution in [3.05, 3.63) is 41.4 Å². The van der Waals surface area contributed by atoms with Gasteiger partial charge in [0, 0.05) is 12.3 Å². The molecule has 0 unspecified atom stereocenters. The molecule has 0 aliphatic rings. The van der Waals surface area contributed by atoms with Gasteiger partial charge in [0.2, 0.25) is 5.91 Å². The second-order valence-electron chi connectivity index (χ2n) is 3.46. The molecule has 0 bridgehead atoms. The maximum atomic E-state index is 11.6. The van der Waals surface area contributed by atoms with Gasteiger partial charge in [0.15, 0.2) is 5.13 Å². The van der Waals surface area contributed by atoms with E-state index in [1.54, 1.807) is 11.8 Å². The van der Waals surface area contributed by atoms with E-state index >= 15 is 0 Å². The topological polar surface area (TPSA) is 33.2 Å². The molecule has 2 aromatic rings. The number of aromatic nitrogens is 1. The molecule has 0 fully saturated rings. The second kappa shape index (κ2) is 4.45. The molecular formula is C12H12N2OS. The maximum Gasteiger partial charge on any atom is 0.230 e. The van der Waals surface area contributed by atoms with Crippen LogP contribution < -0.4 is 4.90 Å². The number of benzene rings is 1. The van der Waals surface area contributed by atoms with Crippen molar-refractivity contribution in [3.63, 3.8) is 0 Å². The van der Waals surface area contributed by atoms with Crippen molar-refractivity contribution >= 4 is 28.1 Å². The Bertz CT molecular complexity index is 493. The summed E-state index contributed by atoms with van der Waals surface area (Å²) in [5.41, 5.74) is 1.78. The van der Waals surface area contributed by atoms with E-state index in [0.29, 0.717) is 0 Å². The van der Waals surface area contributed by atoms with Crippen molar-refractivity contribution in [2.24, 2.45) is 0 Å². The minimum absolute atomic E-state index is 0.0273. The number of anilines is 2. The Hall–Kier alpha value is -1.68. The standard InChI is InChI=1S/C12H12N2OS/c1-9-8-16-12(13-9)14(10(2)15)11-6-4-3-5-7-11/h3-8H,1-2H3. The normalized spacial score (nSPS) is 10.1. The Morgan fingerprint density at radius 1 is 1.31 bits per heavy atom. The predicted octanol–water partition coefficient (Wildman–Crippen LogP) is 3.14. The smallest absolute Gasteiger partial charge is 0.230 e. The van der Waals surface area contributed by atoms with E-state index in [0.717, 1.165) is 16.5 Å². The van der Waals surface area contributed by atoms with Gasteiger partial charge in [-0.25, -0.2) is 4.98 Å². The van der Waals surface area contributed by atoms with Crippen LogP contribution in [0.15, 0.2) is 35.7 Å². The monoisotopic (exact) mass is 232 g/mol. The van der Waals surface area contributed by atoms with Crippen LogP contribution in [0.3, 0.4) is 0 Å². The SMILES string of the molecule is CC(=O)N(c1ccccc1)c1nc(C)cs1. The molecule has 16 heavy (non-hydrogen) atoms. The van der Waals surface area contributed by atoms with Gasteiger partial charge in [-0.3, -0.25) is 9.69 Å². The fourth-order valence-electron chi connectivity index (χ4n) is 1.45. The lowest BCUT2D eigenvalue weighted by Crippen LogP contribution is -2.22. The number of nitrogens with zero attached hydrogens (tertiary/aromatic N) is 2. The van der Waals surface area contributed by atoms with Gasteiger partial charge in [-0.2, -0.15) is 0 Å². The zero-order chi connectivity index (χ0) is 11.5. The quantitative estimate of drug-likeness (QED) is 0.797. The van der Waals surface area contributed by atoms with E-state index in [-0.39, 0.29) is 5.91 Å². The van der Waals surface area contributed by atoms with E-state index in [9.17, 15) is 4.79 Å². The van der Waals surface area contributed by atoms with E-state index in [1.165, 1.54) is 11.3 Å². The molecule has 0 aliphatic heterocycles. The van der Waals surface area contributed by atoms with Gasteiger partial charge < -0.3 is 0 Å². The Labute approximate surface area is 98.4 Å². The molecule has 82 valence electrons. The lowest BCUT2D eigenvalue weighted by Gasteiger charge is -2.17. The summed E-state index contributed by atoms with van der Waals surface area (Å²) in [6.45, 7) is 3.47. The van der Waals surface area contributed by atoms with Crippen LogP contribution in [0.2, 0.25) is 0 Å². The third-order valence-corrected chi connectivity index (χ3v) is 3.07. The molecule has 1 aromatic heterocycles. The zero-order valence-corrected chi connectivity index (χ0v) is 9.99. The third kappa shape index (κ3) is 2.12. The molecular weight excluding hydrogens is 220 g/mol. The van der Waals surface area contributed by atoms with Gasteiger partial charge in [0.25, 0.3) is 0 Å². The molecule has 4 heteroatoms. The minimum Gasteiger partial charge on any atom is -0.274 e. The first kappa shape index (κ1) is 10.8. The highest BCUT2D eigenvalue weighted by molar-refractivity contribution is 7.14. The van der Waals surface area contributed by atoms with Crippen LogP contribution in [0.25, 0.3) is 0 Å². The molecule has 0 N–H and O–H groups in total. The first-order valence-electron chi connectivity index (χ1n) is 4.96. The van der Waals surface area contributed by atoms with Crippen LogP contribution in [0.1, 0.15) is 12.6 Å². The largest absolute Gasteiger partial charge is 0.274 e. The van der Waals surface area contributed by atoms with E-state index in [2.05, 4.69) is 4.98 Å². The molecule has 0 saturated carbocycles. The van der Waals surface area contributed by atoms with Crippen molar-refractivity contribution in [1.29, 1.82) is 0 Å². The number of rotatable bonds is 2. The van der Waals surface area contributed by atoms with Gasteiger partial charge in [-0.1, -0.05) is 18.2 Å². The lowest BCUT2D eigenvalue weighted by atomic mass is 10.3. The molecule has 1 amide bonds. The highest BCUT2D eigenvalue weighted by atomic mass is 32.1. The maximum absolute atomic E-state index is 11.6. The summed E-state index contributed by atoms with van der Waals surface area (Å²) in [5, 5.41) is 2.66. The van der Waals surface area contributed by atoms with Crippen LogP contribution >= 0.6 is 11.3 Å². The highest BCUT2D eigenvalue weighted by Crippen LogP contribution is 2.28. The van der Waals surface area contributed by atoms with Gasteiger partial charge in [0.1, 0.15) is 0 Å². The molecule has 1 aromatic carbocycles. The molecule has 3 nitrogen and oxygen atoms in total. The molecule has 0 spiro atoms. The van der Waals surface area contributed by atoms with Gasteiger partial charge in [0.05, 0.1) is 11.4 Å². The van der Waals surface area contributed by atoms with Crippen molar-refractivity contribution < 1.29 is 4.79 Å². The summed E-state index contributed by atoms with van der Waals surface area (Å²) in [4.78, 5) is 17.6. The number of hydrogen-bond donors (Lipinski definition) is 0. The van der Waals surface area contributed by atoms with Crippen LogP contribution in [0, 0.1) is 6.92 Å². The molecule has 0 aliphatic carbocycles. The van der Waals surface area contributed by atoms with Crippen molar-refractivity contribution in [3.8, 4) is 0 Å². The van der Waals surface area contributed by atoms with Crippen LogP contribution in [0.4, 0.5) is 10.8 Å². The Balaban J connectivity index is 2.43. The van der Waals surface area contributed by atoms with Crippen molar-refractivity contribution in [2.45, 2.75) is 13.8 Å². The molecule has 1 heterocycles. The average Bonchev–Trinajstić information content (AvgIpc) is 2.66. The fraction of sp³-hybridized carbons (Fsp3) is 0.167. The number of para-hydroxylation sites is 1. The number of hydrogen-bond acceptors (Lipinski definition) is 3. The summed E-state index contributed by atoms with van der Waals surface area (Å²) in [6, 6.07) is 9.54. The second-order valence-corrected chi connectivity index (χ2v) is 4.30. The molecule has 0 saturated heterocycles. The average molecular weight is 232 g/mol. The van der Waals surface area contributed by atoms with Gasteiger partial charge in [-0.05, 0) is 19.1 Å². The zero-order valence-electron chi connectivity index (χ0n) is 9.18. The Morgan fingerprint density at radius 3 is 2.50 bits per heavy atom. The molecule has 0 atom stereocenters. The fourth-order valence-corrected chi connectivity index (χ4v) is 2.31. The van der Waals surface area contributed by atoms with E-state index in [4.69, 9.17) is 0 Å². The predicted molar refractivity (Wildman–Crippen MR) is 66.1 cm³/mol. The summed E-state index contributed by atoms with van der Waals surface area (Å²) in [6.07, 6.45) is 0. The van der Waals surface area contributed by atoms with Crippen molar-refractivity contribution in [1.82, 2.24) is 4.98 Å². The summed E-state index contributed by atoms with van der Waals surface area (Å²) < 4.78 is 0. The van der Waals surface area contributed by atoms with Crippen LogP contribution in [-0.4, -0.2) is 10.9 Å². The van der Waals surface area contributed by atoms with E-state index in [1.807, 2.05) is 42.6 Å². The van der Waals surface area contributed by atoms with Crippen LogP contribution in [-0.2, 0) is 4.79 Å². The number of amides is 1.